The Labute approximate surface area is 107 Å². The summed E-state index contributed by atoms with van der Waals surface area (Å²) in [4.78, 5) is 15.0. The fourth-order valence-corrected chi connectivity index (χ4v) is 1.80. The number of nitrogens with zero attached hydrogens (tertiary/aromatic N) is 4. The lowest BCUT2D eigenvalue weighted by molar-refractivity contribution is 0.0979. The minimum absolute atomic E-state index is 0.250. The van der Waals surface area contributed by atoms with Crippen molar-refractivity contribution in [2.75, 3.05) is 43.6 Å². The topological polar surface area (TPSA) is 72.4 Å². The molecule has 0 radical (unpaired) electrons. The second kappa shape index (κ2) is 5.81. The van der Waals surface area contributed by atoms with Gasteiger partial charge in [-0.05, 0) is 13.8 Å². The number of ether oxygens (including phenoxy) is 2. The minimum atomic E-state index is 0.250. The molecule has 0 spiro atoms. The molecule has 2 heterocycles. The van der Waals surface area contributed by atoms with Gasteiger partial charge in [0, 0.05) is 13.6 Å². The van der Waals surface area contributed by atoms with Crippen molar-refractivity contribution in [1.29, 1.82) is 0 Å². The molecule has 0 aliphatic carbocycles. The van der Waals surface area contributed by atoms with E-state index in [1.54, 1.807) is 7.05 Å². The van der Waals surface area contributed by atoms with Gasteiger partial charge in [0.15, 0.2) is 0 Å². The van der Waals surface area contributed by atoms with E-state index in [1.807, 2.05) is 6.92 Å². The highest BCUT2D eigenvalue weighted by molar-refractivity contribution is 5.39. The van der Waals surface area contributed by atoms with Crippen molar-refractivity contribution in [3.8, 4) is 6.01 Å². The van der Waals surface area contributed by atoms with Gasteiger partial charge in [0.05, 0.1) is 25.9 Å². The van der Waals surface area contributed by atoms with Crippen molar-refractivity contribution in [3.05, 3.63) is 0 Å². The highest BCUT2D eigenvalue weighted by Gasteiger charge is 2.22. The van der Waals surface area contributed by atoms with Gasteiger partial charge in [0.2, 0.25) is 11.9 Å². The number of rotatable bonds is 4. The molecule has 0 saturated carbocycles. The van der Waals surface area contributed by atoms with Crippen LogP contribution in [0.3, 0.4) is 0 Å². The summed E-state index contributed by atoms with van der Waals surface area (Å²) in [6, 6.07) is 0.603. The lowest BCUT2D eigenvalue weighted by Gasteiger charge is -2.33. The molecule has 1 atom stereocenters. The molecule has 18 heavy (non-hydrogen) atoms. The van der Waals surface area contributed by atoms with Gasteiger partial charge >= 0.3 is 6.01 Å². The van der Waals surface area contributed by atoms with Crippen LogP contribution in [0.4, 0.5) is 11.9 Å². The van der Waals surface area contributed by atoms with Crippen molar-refractivity contribution in [3.63, 3.8) is 0 Å². The van der Waals surface area contributed by atoms with Gasteiger partial charge in [-0.2, -0.15) is 15.0 Å². The van der Waals surface area contributed by atoms with E-state index in [0.717, 1.165) is 6.54 Å². The van der Waals surface area contributed by atoms with Gasteiger partial charge in [-0.1, -0.05) is 0 Å². The van der Waals surface area contributed by atoms with Crippen LogP contribution >= 0.6 is 0 Å². The third-order valence-corrected chi connectivity index (χ3v) is 2.72. The maximum Gasteiger partial charge on any atom is 0.323 e. The van der Waals surface area contributed by atoms with Crippen molar-refractivity contribution in [1.82, 2.24) is 15.0 Å². The molecule has 7 nitrogen and oxygen atoms in total. The van der Waals surface area contributed by atoms with E-state index in [9.17, 15) is 0 Å². The summed E-state index contributed by atoms with van der Waals surface area (Å²) in [6.07, 6.45) is 0. The fraction of sp³-hybridized carbons (Fsp3) is 0.727. The molecule has 1 aromatic rings. The molecule has 0 bridgehead atoms. The molecular weight excluding hydrogens is 234 g/mol. The van der Waals surface area contributed by atoms with Crippen LogP contribution in [0.25, 0.3) is 0 Å². The van der Waals surface area contributed by atoms with E-state index in [-0.39, 0.29) is 6.04 Å². The van der Waals surface area contributed by atoms with Crippen LogP contribution in [0.5, 0.6) is 6.01 Å². The van der Waals surface area contributed by atoms with Gasteiger partial charge in [0.25, 0.3) is 0 Å². The van der Waals surface area contributed by atoms with E-state index >= 15 is 0 Å². The fourth-order valence-electron chi connectivity index (χ4n) is 1.80. The minimum Gasteiger partial charge on any atom is -0.464 e. The number of hydrogen-bond acceptors (Lipinski definition) is 7. The molecule has 1 fully saturated rings. The summed E-state index contributed by atoms with van der Waals surface area (Å²) < 4.78 is 10.8. The van der Waals surface area contributed by atoms with Crippen molar-refractivity contribution >= 4 is 11.9 Å². The first-order valence-corrected chi connectivity index (χ1v) is 6.15. The van der Waals surface area contributed by atoms with Gasteiger partial charge in [0.1, 0.15) is 0 Å². The zero-order valence-electron chi connectivity index (χ0n) is 11.0. The van der Waals surface area contributed by atoms with Gasteiger partial charge in [-0.15, -0.1) is 0 Å². The van der Waals surface area contributed by atoms with Crippen LogP contribution in [0.1, 0.15) is 13.8 Å². The predicted octanol–water partition coefficient (Wildman–Crippen LogP) is 0.537. The molecule has 1 aliphatic heterocycles. The average molecular weight is 253 g/mol. The predicted molar refractivity (Wildman–Crippen MR) is 68.2 cm³/mol. The summed E-state index contributed by atoms with van der Waals surface area (Å²) in [5.41, 5.74) is 0. The lowest BCUT2D eigenvalue weighted by Crippen LogP contribution is -2.44. The van der Waals surface area contributed by atoms with Gasteiger partial charge in [-0.25, -0.2) is 0 Å². The first-order valence-electron chi connectivity index (χ1n) is 6.15. The summed E-state index contributed by atoms with van der Waals surface area (Å²) >= 11 is 0. The van der Waals surface area contributed by atoms with Crippen LogP contribution < -0.4 is 15.0 Å². The first-order chi connectivity index (χ1) is 8.74. The number of nitrogens with one attached hydrogen (secondary N) is 1. The molecular formula is C11H19N5O2. The summed E-state index contributed by atoms with van der Waals surface area (Å²) in [7, 11) is 1.78. The van der Waals surface area contributed by atoms with E-state index in [0.29, 0.717) is 37.7 Å². The van der Waals surface area contributed by atoms with E-state index in [4.69, 9.17) is 9.47 Å². The maximum atomic E-state index is 5.41. The van der Waals surface area contributed by atoms with Gasteiger partial charge in [-0.3, -0.25) is 0 Å². The van der Waals surface area contributed by atoms with E-state index in [1.165, 1.54) is 0 Å². The highest BCUT2D eigenvalue weighted by Crippen LogP contribution is 2.18. The number of aromatic nitrogens is 3. The number of morpholine rings is 1. The van der Waals surface area contributed by atoms with Crippen LogP contribution in [0.15, 0.2) is 0 Å². The summed E-state index contributed by atoms with van der Waals surface area (Å²) in [5, 5.41) is 2.92. The molecule has 2 rings (SSSR count). The Morgan fingerprint density at radius 2 is 2.28 bits per heavy atom. The Morgan fingerprint density at radius 1 is 1.44 bits per heavy atom. The molecule has 0 amide bonds. The molecule has 1 N–H and O–H groups in total. The standard InChI is InChI=1S/C11H19N5O2/c1-4-18-11-14-9(12-3)13-10(15-11)16-5-6-17-7-8(16)2/h8H,4-7H2,1-3H3,(H,12,13,14,15). The lowest BCUT2D eigenvalue weighted by atomic mass is 10.3. The number of anilines is 2. The van der Waals surface area contributed by atoms with E-state index in [2.05, 4.69) is 32.1 Å². The SMILES string of the molecule is CCOc1nc(NC)nc(N2CCOCC2C)n1. The van der Waals surface area contributed by atoms with E-state index < -0.39 is 0 Å². The van der Waals surface area contributed by atoms with Crippen LogP contribution in [-0.2, 0) is 4.74 Å². The largest absolute Gasteiger partial charge is 0.464 e. The molecule has 0 aromatic carbocycles. The Balaban J connectivity index is 2.27. The quantitative estimate of drug-likeness (QED) is 0.839. The Kier molecular flexibility index (Phi) is 4.14. The Bertz CT molecular complexity index is 401. The normalized spacial score (nSPS) is 19.7. The molecule has 100 valence electrons. The Morgan fingerprint density at radius 3 is 2.94 bits per heavy atom. The third-order valence-electron chi connectivity index (χ3n) is 2.72. The molecule has 7 heteroatoms. The van der Waals surface area contributed by atoms with Gasteiger partial charge < -0.3 is 19.7 Å². The molecule has 1 saturated heterocycles. The second-order valence-corrected chi connectivity index (χ2v) is 4.04. The zero-order valence-corrected chi connectivity index (χ0v) is 11.0. The highest BCUT2D eigenvalue weighted by atomic mass is 16.5. The average Bonchev–Trinajstić information content (AvgIpc) is 2.39. The maximum absolute atomic E-state index is 5.41. The van der Waals surface area contributed by atoms with Crippen molar-refractivity contribution in [2.45, 2.75) is 19.9 Å². The summed E-state index contributed by atoms with van der Waals surface area (Å²) in [5.74, 6) is 1.15. The zero-order chi connectivity index (χ0) is 13.0. The Hall–Kier alpha value is -1.63. The third kappa shape index (κ3) is 2.79. The molecule has 1 unspecified atom stereocenters. The second-order valence-electron chi connectivity index (χ2n) is 4.04. The first kappa shape index (κ1) is 12.8. The van der Waals surface area contributed by atoms with Crippen LogP contribution in [0, 0.1) is 0 Å². The van der Waals surface area contributed by atoms with Crippen molar-refractivity contribution < 1.29 is 9.47 Å². The smallest absolute Gasteiger partial charge is 0.323 e. The molecule has 1 aromatic heterocycles. The number of hydrogen-bond donors (Lipinski definition) is 1. The van der Waals surface area contributed by atoms with Crippen LogP contribution in [-0.4, -0.2) is 54.4 Å². The molecule has 1 aliphatic rings. The summed E-state index contributed by atoms with van der Waals surface area (Å²) in [6.45, 7) is 6.67. The van der Waals surface area contributed by atoms with Crippen LogP contribution in [0.2, 0.25) is 0 Å². The monoisotopic (exact) mass is 253 g/mol. The van der Waals surface area contributed by atoms with Crippen molar-refractivity contribution in [2.24, 2.45) is 0 Å².